The summed E-state index contributed by atoms with van der Waals surface area (Å²) in [6, 6.07) is 2.40. The molecule has 0 fully saturated rings. The highest BCUT2D eigenvalue weighted by molar-refractivity contribution is 5.80. The summed E-state index contributed by atoms with van der Waals surface area (Å²) in [6.07, 6.45) is -0.101. The molecule has 0 unspecified atom stereocenters. The van der Waals surface area contributed by atoms with Crippen LogP contribution in [0.5, 0.6) is 5.75 Å². The molecule has 90 valence electrons. The molecule has 0 radical (unpaired) electrons. The molecule has 0 spiro atoms. The first-order valence-electron chi connectivity index (χ1n) is 4.84. The predicted octanol–water partition coefficient (Wildman–Crippen LogP) is 1.69. The number of carbonyl (C=O) groups is 1. The number of carbonyl (C=O) groups excluding carboxylic acids is 1. The number of oxazole rings is 1. The minimum absolute atomic E-state index is 0.101. The molecule has 6 heteroatoms. The van der Waals surface area contributed by atoms with Crippen LogP contribution in [0.1, 0.15) is 5.89 Å². The monoisotopic (exact) mass is 239 g/mol. The van der Waals surface area contributed by atoms with E-state index >= 15 is 0 Å². The molecule has 17 heavy (non-hydrogen) atoms. The molecule has 0 saturated carbocycles. The predicted molar refractivity (Wildman–Crippen MR) is 56.2 cm³/mol. The molecule has 1 aromatic carbocycles. The third-order valence-corrected chi connectivity index (χ3v) is 2.21. The number of esters is 1. The van der Waals surface area contributed by atoms with E-state index in [2.05, 4.69) is 9.72 Å². The maximum Gasteiger partial charge on any atom is 0.314 e. The lowest BCUT2D eigenvalue weighted by atomic mass is 10.3. The zero-order valence-electron chi connectivity index (χ0n) is 9.32. The van der Waals surface area contributed by atoms with E-state index in [4.69, 9.17) is 9.15 Å². The van der Waals surface area contributed by atoms with Gasteiger partial charge < -0.3 is 13.9 Å². The Labute approximate surface area is 96.1 Å². The van der Waals surface area contributed by atoms with E-state index in [1.165, 1.54) is 26.4 Å². The number of ether oxygens (including phenoxy) is 2. The number of hydrogen-bond acceptors (Lipinski definition) is 5. The largest absolute Gasteiger partial charge is 0.493 e. The quantitative estimate of drug-likeness (QED) is 0.763. The summed E-state index contributed by atoms with van der Waals surface area (Å²) in [5, 5.41) is 0. The van der Waals surface area contributed by atoms with Crippen LogP contribution in [0.2, 0.25) is 0 Å². The van der Waals surface area contributed by atoms with E-state index in [0.717, 1.165) is 0 Å². The maximum absolute atomic E-state index is 13.2. The van der Waals surface area contributed by atoms with Gasteiger partial charge in [-0.15, -0.1) is 0 Å². The summed E-state index contributed by atoms with van der Waals surface area (Å²) in [5.74, 6) is -0.553. The number of fused-ring (bicyclic) bond motifs is 1. The average molecular weight is 239 g/mol. The van der Waals surface area contributed by atoms with Crippen LogP contribution >= 0.6 is 0 Å². The minimum Gasteiger partial charge on any atom is -0.493 e. The highest BCUT2D eigenvalue weighted by Gasteiger charge is 2.15. The molecule has 5 nitrogen and oxygen atoms in total. The van der Waals surface area contributed by atoms with E-state index in [1.54, 1.807) is 0 Å². The number of benzene rings is 1. The van der Waals surface area contributed by atoms with Crippen LogP contribution in [0.25, 0.3) is 11.1 Å². The second-order valence-corrected chi connectivity index (χ2v) is 3.32. The van der Waals surface area contributed by atoms with Crippen molar-refractivity contribution in [2.24, 2.45) is 0 Å². The van der Waals surface area contributed by atoms with Crippen molar-refractivity contribution in [1.82, 2.24) is 4.98 Å². The Morgan fingerprint density at radius 1 is 1.47 bits per heavy atom. The van der Waals surface area contributed by atoms with Gasteiger partial charge in [-0.3, -0.25) is 4.79 Å². The number of methoxy groups -OCH3 is 2. The molecule has 0 amide bonds. The Balaban J connectivity index is 2.45. The fourth-order valence-corrected chi connectivity index (χ4v) is 1.44. The Morgan fingerprint density at radius 2 is 2.24 bits per heavy atom. The molecule has 2 rings (SSSR count). The minimum atomic E-state index is -0.479. The summed E-state index contributed by atoms with van der Waals surface area (Å²) >= 11 is 0. The van der Waals surface area contributed by atoms with Crippen molar-refractivity contribution in [2.45, 2.75) is 6.42 Å². The van der Waals surface area contributed by atoms with E-state index in [-0.39, 0.29) is 18.1 Å². The van der Waals surface area contributed by atoms with Gasteiger partial charge in [0, 0.05) is 12.1 Å². The van der Waals surface area contributed by atoms with Crippen LogP contribution in [-0.4, -0.2) is 25.2 Å². The number of rotatable bonds is 3. The highest BCUT2D eigenvalue weighted by Crippen LogP contribution is 2.27. The van der Waals surface area contributed by atoms with E-state index in [9.17, 15) is 9.18 Å². The first-order valence-corrected chi connectivity index (χ1v) is 4.84. The Morgan fingerprint density at radius 3 is 2.88 bits per heavy atom. The molecule has 0 N–H and O–H groups in total. The van der Waals surface area contributed by atoms with Gasteiger partial charge in [-0.25, -0.2) is 9.37 Å². The number of aromatic nitrogens is 1. The van der Waals surface area contributed by atoms with E-state index in [0.29, 0.717) is 11.1 Å². The molecule has 0 bridgehead atoms. The van der Waals surface area contributed by atoms with Crippen LogP contribution < -0.4 is 4.74 Å². The summed E-state index contributed by atoms with van der Waals surface area (Å²) in [5.41, 5.74) is 0.619. The maximum atomic E-state index is 13.2. The van der Waals surface area contributed by atoms with Crippen molar-refractivity contribution in [2.75, 3.05) is 14.2 Å². The van der Waals surface area contributed by atoms with Gasteiger partial charge in [-0.05, 0) is 0 Å². The highest BCUT2D eigenvalue weighted by atomic mass is 19.1. The Kier molecular flexibility index (Phi) is 2.95. The lowest BCUT2D eigenvalue weighted by Crippen LogP contribution is -2.04. The summed E-state index contributed by atoms with van der Waals surface area (Å²) in [7, 11) is 2.67. The Bertz CT molecular complexity index is 564. The van der Waals surface area contributed by atoms with Crippen molar-refractivity contribution >= 4 is 17.1 Å². The second-order valence-electron chi connectivity index (χ2n) is 3.32. The Hall–Kier alpha value is -2.11. The van der Waals surface area contributed by atoms with Gasteiger partial charge in [0.15, 0.2) is 11.3 Å². The number of nitrogens with zero attached hydrogens (tertiary/aromatic N) is 1. The van der Waals surface area contributed by atoms with Gasteiger partial charge in [0.05, 0.1) is 14.2 Å². The van der Waals surface area contributed by atoms with Crippen molar-refractivity contribution in [3.8, 4) is 5.75 Å². The first-order chi connectivity index (χ1) is 8.13. The van der Waals surface area contributed by atoms with Crippen LogP contribution in [0, 0.1) is 5.82 Å². The molecule has 1 aromatic heterocycles. The fourth-order valence-electron chi connectivity index (χ4n) is 1.44. The molecule has 0 atom stereocenters. The fraction of sp³-hybridized carbons (Fsp3) is 0.273. The van der Waals surface area contributed by atoms with E-state index < -0.39 is 11.8 Å². The third-order valence-electron chi connectivity index (χ3n) is 2.21. The van der Waals surface area contributed by atoms with Gasteiger partial charge in [-0.1, -0.05) is 0 Å². The molecule has 0 aliphatic carbocycles. The summed E-state index contributed by atoms with van der Waals surface area (Å²) < 4.78 is 27.9. The lowest BCUT2D eigenvalue weighted by molar-refractivity contribution is -0.140. The smallest absolute Gasteiger partial charge is 0.314 e. The first kappa shape index (κ1) is 11.4. The number of hydrogen-bond donors (Lipinski definition) is 0. The van der Waals surface area contributed by atoms with Crippen molar-refractivity contribution in [1.29, 1.82) is 0 Å². The van der Waals surface area contributed by atoms with E-state index in [1.807, 2.05) is 0 Å². The van der Waals surface area contributed by atoms with Gasteiger partial charge in [-0.2, -0.15) is 0 Å². The van der Waals surface area contributed by atoms with Crippen molar-refractivity contribution in [3.63, 3.8) is 0 Å². The SMILES string of the molecule is COC(=O)Cc1nc2cc(F)cc(OC)c2o1. The standard InChI is InChI=1S/C11H10FNO4/c1-15-8-4-6(12)3-7-11(8)17-9(13-7)5-10(14)16-2/h3-4H,5H2,1-2H3. The van der Waals surface area contributed by atoms with Crippen LogP contribution in [0.15, 0.2) is 16.5 Å². The van der Waals surface area contributed by atoms with Gasteiger partial charge in [0.2, 0.25) is 5.89 Å². The van der Waals surface area contributed by atoms with Crippen LogP contribution in [0.3, 0.4) is 0 Å². The summed E-state index contributed by atoms with van der Waals surface area (Å²) in [6.45, 7) is 0. The normalized spacial score (nSPS) is 10.5. The third kappa shape index (κ3) is 2.20. The molecule has 0 saturated heterocycles. The van der Waals surface area contributed by atoms with Gasteiger partial charge in [0.25, 0.3) is 0 Å². The van der Waals surface area contributed by atoms with Crippen LogP contribution in [0.4, 0.5) is 4.39 Å². The number of halogens is 1. The molecular formula is C11H10FNO4. The topological polar surface area (TPSA) is 61.6 Å². The van der Waals surface area contributed by atoms with Crippen molar-refractivity contribution < 1.29 is 23.1 Å². The van der Waals surface area contributed by atoms with Gasteiger partial charge >= 0.3 is 5.97 Å². The molecule has 2 aromatic rings. The molecule has 1 heterocycles. The lowest BCUT2D eigenvalue weighted by Gasteiger charge is -1.98. The zero-order chi connectivity index (χ0) is 12.4. The molecule has 0 aliphatic rings. The second kappa shape index (κ2) is 4.40. The van der Waals surface area contributed by atoms with Crippen molar-refractivity contribution in [3.05, 3.63) is 23.8 Å². The van der Waals surface area contributed by atoms with Gasteiger partial charge in [0.1, 0.15) is 17.8 Å². The average Bonchev–Trinajstić information content (AvgIpc) is 2.69. The van der Waals surface area contributed by atoms with Crippen LogP contribution in [-0.2, 0) is 16.0 Å². The summed E-state index contributed by atoms with van der Waals surface area (Å²) in [4.78, 5) is 15.0. The molecular weight excluding hydrogens is 229 g/mol. The zero-order valence-corrected chi connectivity index (χ0v) is 9.32. The molecule has 0 aliphatic heterocycles.